The zero-order valence-electron chi connectivity index (χ0n) is 17.5. The highest BCUT2D eigenvalue weighted by atomic mass is 16.7. The Morgan fingerprint density at radius 2 is 1.88 bits per heavy atom. The molecule has 0 aromatic heterocycles. The summed E-state index contributed by atoms with van der Waals surface area (Å²) in [5.41, 5.74) is 1.87. The molecule has 2 aromatic carbocycles. The lowest BCUT2D eigenvalue weighted by Crippen LogP contribution is -2.54. The molecule has 0 saturated carbocycles. The van der Waals surface area contributed by atoms with Crippen molar-refractivity contribution >= 4 is 29.1 Å². The number of ether oxygens (including phenoxy) is 2. The van der Waals surface area contributed by atoms with Gasteiger partial charge >= 0.3 is 0 Å². The summed E-state index contributed by atoms with van der Waals surface area (Å²) < 4.78 is 10.8. The highest BCUT2D eigenvalue weighted by molar-refractivity contribution is 6.26. The summed E-state index contributed by atoms with van der Waals surface area (Å²) in [6, 6.07) is 10.8. The molecule has 3 saturated heterocycles. The van der Waals surface area contributed by atoms with Gasteiger partial charge in [0.2, 0.25) is 24.5 Å². The van der Waals surface area contributed by atoms with Crippen LogP contribution in [0.2, 0.25) is 0 Å². The fourth-order valence-corrected chi connectivity index (χ4v) is 6.60. The SMILES string of the molecule is Cc1ccc2c(c1)C1(C(=O)N2)C2C(=O)N(c3ccc4c(c3)OCO4)C(=O)C2C2CCCN21. The summed E-state index contributed by atoms with van der Waals surface area (Å²) in [5, 5.41) is 3.01. The second kappa shape index (κ2) is 5.89. The first kappa shape index (κ1) is 18.2. The van der Waals surface area contributed by atoms with Crippen LogP contribution in [0.1, 0.15) is 24.0 Å². The molecule has 8 heteroatoms. The molecule has 8 nitrogen and oxygen atoms in total. The Bertz CT molecular complexity index is 1240. The lowest BCUT2D eigenvalue weighted by Gasteiger charge is -2.36. The normalized spacial score (nSPS) is 32.0. The van der Waals surface area contributed by atoms with Crippen LogP contribution >= 0.6 is 0 Å². The van der Waals surface area contributed by atoms with E-state index in [9.17, 15) is 14.4 Å². The van der Waals surface area contributed by atoms with E-state index in [0.717, 1.165) is 29.7 Å². The number of nitrogens with one attached hydrogen (secondary N) is 1. The summed E-state index contributed by atoms with van der Waals surface area (Å²) >= 11 is 0. The van der Waals surface area contributed by atoms with Crippen LogP contribution in [0, 0.1) is 18.8 Å². The quantitative estimate of drug-likeness (QED) is 0.697. The van der Waals surface area contributed by atoms with E-state index in [4.69, 9.17) is 9.47 Å². The minimum atomic E-state index is -1.15. The molecule has 3 amide bonds. The van der Waals surface area contributed by atoms with Crippen molar-refractivity contribution in [3.05, 3.63) is 47.5 Å². The van der Waals surface area contributed by atoms with E-state index in [-0.39, 0.29) is 30.6 Å². The smallest absolute Gasteiger partial charge is 0.250 e. The van der Waals surface area contributed by atoms with E-state index < -0.39 is 17.4 Å². The molecule has 7 rings (SSSR count). The molecule has 5 aliphatic rings. The molecule has 0 radical (unpaired) electrons. The molecule has 2 aromatic rings. The third kappa shape index (κ3) is 1.95. The molecular weight excluding hydrogens is 410 g/mol. The number of hydrogen-bond acceptors (Lipinski definition) is 6. The van der Waals surface area contributed by atoms with E-state index in [1.807, 2.05) is 25.1 Å². The monoisotopic (exact) mass is 431 g/mol. The second-order valence-electron chi connectivity index (χ2n) is 9.23. The number of hydrogen-bond donors (Lipinski definition) is 1. The summed E-state index contributed by atoms with van der Waals surface area (Å²) in [5.74, 6) is -0.963. The van der Waals surface area contributed by atoms with Crippen LogP contribution in [0.15, 0.2) is 36.4 Å². The molecule has 1 N–H and O–H groups in total. The zero-order chi connectivity index (χ0) is 21.8. The van der Waals surface area contributed by atoms with Crippen molar-refractivity contribution in [1.82, 2.24) is 4.90 Å². The fraction of sp³-hybridized carbons (Fsp3) is 0.375. The van der Waals surface area contributed by atoms with Crippen LogP contribution < -0.4 is 19.7 Å². The minimum Gasteiger partial charge on any atom is -0.454 e. The Labute approximate surface area is 184 Å². The number of amides is 3. The van der Waals surface area contributed by atoms with Crippen molar-refractivity contribution in [3.63, 3.8) is 0 Å². The maximum atomic E-state index is 14.0. The third-order valence-electron chi connectivity index (χ3n) is 7.76. The van der Waals surface area contributed by atoms with Crippen LogP contribution in [0.5, 0.6) is 11.5 Å². The van der Waals surface area contributed by atoms with E-state index in [2.05, 4.69) is 10.2 Å². The Hall–Kier alpha value is -3.39. The summed E-state index contributed by atoms with van der Waals surface area (Å²) in [4.78, 5) is 44.7. The maximum Gasteiger partial charge on any atom is 0.250 e. The van der Waals surface area contributed by atoms with Gasteiger partial charge in [-0.3, -0.25) is 19.3 Å². The average molecular weight is 431 g/mol. The molecule has 162 valence electrons. The Kier molecular flexibility index (Phi) is 3.35. The zero-order valence-corrected chi connectivity index (χ0v) is 17.5. The first-order valence-electron chi connectivity index (χ1n) is 11.0. The van der Waals surface area contributed by atoms with E-state index >= 15 is 0 Å². The van der Waals surface area contributed by atoms with Gasteiger partial charge in [0, 0.05) is 23.4 Å². The Morgan fingerprint density at radius 1 is 1.03 bits per heavy atom. The van der Waals surface area contributed by atoms with Crippen LogP contribution in [-0.4, -0.2) is 42.0 Å². The van der Waals surface area contributed by atoms with Gasteiger partial charge in [-0.15, -0.1) is 0 Å². The van der Waals surface area contributed by atoms with E-state index in [1.165, 1.54) is 4.90 Å². The molecule has 0 aliphatic carbocycles. The van der Waals surface area contributed by atoms with Crippen molar-refractivity contribution < 1.29 is 23.9 Å². The molecule has 4 atom stereocenters. The molecule has 0 bridgehead atoms. The number of fused-ring (bicyclic) bond motifs is 8. The largest absolute Gasteiger partial charge is 0.454 e. The molecule has 4 unspecified atom stereocenters. The number of aryl methyl sites for hydroxylation is 1. The van der Waals surface area contributed by atoms with Gasteiger partial charge in [0.25, 0.3) is 0 Å². The van der Waals surface area contributed by atoms with Gasteiger partial charge in [-0.25, -0.2) is 4.90 Å². The maximum absolute atomic E-state index is 14.0. The Morgan fingerprint density at radius 3 is 2.75 bits per heavy atom. The number of rotatable bonds is 1. The van der Waals surface area contributed by atoms with E-state index in [1.54, 1.807) is 18.2 Å². The predicted molar refractivity (Wildman–Crippen MR) is 113 cm³/mol. The molecule has 32 heavy (non-hydrogen) atoms. The highest BCUT2D eigenvalue weighted by Crippen LogP contribution is 2.60. The van der Waals surface area contributed by atoms with Crippen molar-refractivity contribution in [3.8, 4) is 11.5 Å². The van der Waals surface area contributed by atoms with Crippen LogP contribution in [0.3, 0.4) is 0 Å². The number of imide groups is 1. The van der Waals surface area contributed by atoms with E-state index in [0.29, 0.717) is 23.7 Å². The number of benzene rings is 2. The average Bonchev–Trinajstić information content (AvgIpc) is 3.55. The molecule has 5 heterocycles. The molecule has 3 fully saturated rings. The topological polar surface area (TPSA) is 88.2 Å². The lowest BCUT2D eigenvalue weighted by atomic mass is 9.75. The van der Waals surface area contributed by atoms with Gasteiger partial charge in [0.15, 0.2) is 11.5 Å². The molecule has 1 spiro atoms. The number of nitrogens with zero attached hydrogens (tertiary/aromatic N) is 2. The van der Waals surface area contributed by atoms with Gasteiger partial charge in [0.1, 0.15) is 5.54 Å². The Balaban J connectivity index is 1.41. The van der Waals surface area contributed by atoms with Crippen molar-refractivity contribution in [2.45, 2.75) is 31.3 Å². The number of anilines is 2. The van der Waals surface area contributed by atoms with Gasteiger partial charge in [0.05, 0.1) is 17.5 Å². The molecule has 5 aliphatic heterocycles. The first-order chi connectivity index (χ1) is 15.5. The standard InChI is InChI=1S/C24H21N3O5/c1-12-4-6-15-14(9-12)24(23(30)25-15)20-19(16-3-2-8-26(16)24)21(28)27(22(20)29)13-5-7-17-18(10-13)32-11-31-17/h4-7,9-10,16,19-20H,2-3,8,11H2,1H3,(H,25,30). The minimum absolute atomic E-state index is 0.113. The highest BCUT2D eigenvalue weighted by Gasteiger charge is 2.74. The fourth-order valence-electron chi connectivity index (χ4n) is 6.60. The summed E-state index contributed by atoms with van der Waals surface area (Å²) in [7, 11) is 0. The van der Waals surface area contributed by atoms with Crippen molar-refractivity contribution in [1.29, 1.82) is 0 Å². The number of carbonyl (C=O) groups excluding carboxylic acids is 3. The van der Waals surface area contributed by atoms with Gasteiger partial charge in [-0.05, 0) is 44.5 Å². The second-order valence-corrected chi connectivity index (χ2v) is 9.23. The van der Waals surface area contributed by atoms with Gasteiger partial charge < -0.3 is 14.8 Å². The van der Waals surface area contributed by atoms with Gasteiger partial charge in [-0.1, -0.05) is 17.7 Å². The number of carbonyl (C=O) groups is 3. The first-order valence-corrected chi connectivity index (χ1v) is 11.0. The van der Waals surface area contributed by atoms with Crippen LogP contribution in [0.25, 0.3) is 0 Å². The van der Waals surface area contributed by atoms with Gasteiger partial charge in [-0.2, -0.15) is 0 Å². The summed E-state index contributed by atoms with van der Waals surface area (Å²) in [6.45, 7) is 2.79. The predicted octanol–water partition coefficient (Wildman–Crippen LogP) is 2.15. The summed E-state index contributed by atoms with van der Waals surface area (Å²) in [6.07, 6.45) is 1.70. The van der Waals surface area contributed by atoms with Crippen molar-refractivity contribution in [2.75, 3.05) is 23.6 Å². The van der Waals surface area contributed by atoms with Crippen LogP contribution in [-0.2, 0) is 19.9 Å². The molecular formula is C24H21N3O5. The van der Waals surface area contributed by atoms with Crippen molar-refractivity contribution in [2.24, 2.45) is 11.8 Å². The van der Waals surface area contributed by atoms with Crippen LogP contribution in [0.4, 0.5) is 11.4 Å². The third-order valence-corrected chi connectivity index (χ3v) is 7.76. The lowest BCUT2D eigenvalue weighted by molar-refractivity contribution is -0.135.